The number of morpholine rings is 1. The van der Waals surface area contributed by atoms with Crippen LogP contribution >= 0.6 is 0 Å². The highest BCUT2D eigenvalue weighted by molar-refractivity contribution is 5.80. The lowest BCUT2D eigenvalue weighted by Crippen LogP contribution is -2.36. The summed E-state index contributed by atoms with van der Waals surface area (Å²) in [5.41, 5.74) is 11.1. The van der Waals surface area contributed by atoms with Crippen LogP contribution in [0, 0.1) is 0 Å². The van der Waals surface area contributed by atoms with E-state index in [9.17, 15) is 0 Å². The topological polar surface area (TPSA) is 90.3 Å². The van der Waals surface area contributed by atoms with E-state index in [-0.39, 0.29) is 0 Å². The molecule has 1 saturated heterocycles. The van der Waals surface area contributed by atoms with Crippen LogP contribution in [0.5, 0.6) is 0 Å². The first kappa shape index (κ1) is 16.7. The third-order valence-electron chi connectivity index (χ3n) is 4.87. The van der Waals surface area contributed by atoms with Gasteiger partial charge in [0.1, 0.15) is 11.3 Å². The van der Waals surface area contributed by atoms with Gasteiger partial charge in [0.25, 0.3) is 0 Å². The minimum atomic E-state index is 0.375. The monoisotopic (exact) mass is 373 g/mol. The first-order valence-corrected chi connectivity index (χ1v) is 9.18. The van der Waals surface area contributed by atoms with Crippen molar-refractivity contribution >= 4 is 22.7 Å². The number of nitrogens with zero attached hydrogens (tertiary/aromatic N) is 4. The quantitative estimate of drug-likeness (QED) is 0.589. The van der Waals surface area contributed by atoms with E-state index in [0.29, 0.717) is 28.5 Å². The Balaban J connectivity index is 1.54. The molecule has 0 saturated carbocycles. The molecule has 4 aromatic rings. The Morgan fingerprint density at radius 2 is 1.86 bits per heavy atom. The standard InChI is InChI=1S/C21H19N5O2/c22-19-17(20-25-18-5-2-6-23-21(18)28-20)12-15(13-24-19)14-3-1-4-16(11-14)26-7-9-27-10-8-26/h1-6,11-13H,7-10H2,(H2,22,24). The van der Waals surface area contributed by atoms with Gasteiger partial charge in [-0.3, -0.25) is 0 Å². The number of nitrogen functional groups attached to an aromatic ring is 1. The van der Waals surface area contributed by atoms with Gasteiger partial charge in [0.15, 0.2) is 0 Å². The number of rotatable bonds is 3. The fourth-order valence-corrected chi connectivity index (χ4v) is 3.39. The summed E-state index contributed by atoms with van der Waals surface area (Å²) in [7, 11) is 0. The van der Waals surface area contributed by atoms with Crippen LogP contribution in [0.1, 0.15) is 0 Å². The fraction of sp³-hybridized carbons (Fsp3) is 0.190. The van der Waals surface area contributed by atoms with E-state index in [1.165, 1.54) is 5.69 Å². The molecule has 0 bridgehead atoms. The van der Waals surface area contributed by atoms with Crippen LogP contribution < -0.4 is 10.6 Å². The molecule has 0 aliphatic carbocycles. The molecule has 1 aliphatic rings. The maximum Gasteiger partial charge on any atom is 0.247 e. The highest BCUT2D eigenvalue weighted by atomic mass is 16.5. The number of pyridine rings is 2. The molecule has 4 heterocycles. The minimum Gasteiger partial charge on any atom is -0.418 e. The third-order valence-corrected chi connectivity index (χ3v) is 4.87. The lowest BCUT2D eigenvalue weighted by atomic mass is 10.0. The Hall–Kier alpha value is -3.45. The summed E-state index contributed by atoms with van der Waals surface area (Å²) in [4.78, 5) is 15.4. The summed E-state index contributed by atoms with van der Waals surface area (Å²) in [6.07, 6.45) is 3.45. The zero-order valence-corrected chi connectivity index (χ0v) is 15.2. The van der Waals surface area contributed by atoms with E-state index in [0.717, 1.165) is 37.4 Å². The molecule has 28 heavy (non-hydrogen) atoms. The molecule has 5 rings (SSSR count). The molecule has 3 aromatic heterocycles. The summed E-state index contributed by atoms with van der Waals surface area (Å²) in [6.45, 7) is 3.29. The lowest BCUT2D eigenvalue weighted by Gasteiger charge is -2.29. The second-order valence-electron chi connectivity index (χ2n) is 6.65. The average Bonchev–Trinajstić information content (AvgIpc) is 3.19. The summed E-state index contributed by atoms with van der Waals surface area (Å²) in [6, 6.07) is 14.0. The second-order valence-corrected chi connectivity index (χ2v) is 6.65. The molecule has 0 radical (unpaired) electrons. The molecule has 1 aromatic carbocycles. The summed E-state index contributed by atoms with van der Waals surface area (Å²) in [5, 5.41) is 0. The highest BCUT2D eigenvalue weighted by Gasteiger charge is 2.15. The van der Waals surface area contributed by atoms with Gasteiger partial charge in [-0.1, -0.05) is 12.1 Å². The van der Waals surface area contributed by atoms with Crippen molar-refractivity contribution < 1.29 is 9.15 Å². The molecule has 140 valence electrons. The smallest absolute Gasteiger partial charge is 0.247 e. The van der Waals surface area contributed by atoms with Crippen molar-refractivity contribution in [2.75, 3.05) is 36.9 Å². The van der Waals surface area contributed by atoms with Crippen LogP contribution in [0.15, 0.2) is 59.3 Å². The number of benzene rings is 1. The number of fused-ring (bicyclic) bond motifs is 1. The van der Waals surface area contributed by atoms with Gasteiger partial charge in [-0.25, -0.2) is 15.0 Å². The summed E-state index contributed by atoms with van der Waals surface area (Å²) in [5.74, 6) is 0.796. The van der Waals surface area contributed by atoms with Crippen LogP contribution in [0.4, 0.5) is 11.5 Å². The largest absolute Gasteiger partial charge is 0.418 e. The van der Waals surface area contributed by atoms with Crippen molar-refractivity contribution in [3.63, 3.8) is 0 Å². The first-order chi connectivity index (χ1) is 13.8. The van der Waals surface area contributed by atoms with Crippen LogP contribution in [0.25, 0.3) is 33.8 Å². The molecule has 0 spiro atoms. The number of ether oxygens (including phenoxy) is 1. The van der Waals surface area contributed by atoms with Crippen molar-refractivity contribution in [2.45, 2.75) is 0 Å². The molecule has 1 aliphatic heterocycles. The van der Waals surface area contributed by atoms with Crippen molar-refractivity contribution in [3.05, 3.63) is 54.9 Å². The van der Waals surface area contributed by atoms with Crippen molar-refractivity contribution in [1.29, 1.82) is 0 Å². The van der Waals surface area contributed by atoms with E-state index in [1.54, 1.807) is 12.4 Å². The number of aromatic nitrogens is 3. The number of hydrogen-bond acceptors (Lipinski definition) is 7. The highest BCUT2D eigenvalue weighted by Crippen LogP contribution is 2.32. The van der Waals surface area contributed by atoms with Gasteiger partial charge in [0.05, 0.1) is 18.8 Å². The number of oxazole rings is 1. The van der Waals surface area contributed by atoms with Gasteiger partial charge in [0, 0.05) is 36.7 Å². The Morgan fingerprint density at radius 3 is 2.71 bits per heavy atom. The predicted octanol–water partition coefficient (Wildman–Crippen LogP) is 3.37. The minimum absolute atomic E-state index is 0.375. The second kappa shape index (κ2) is 6.94. The Labute approximate surface area is 161 Å². The van der Waals surface area contributed by atoms with Gasteiger partial charge >= 0.3 is 0 Å². The van der Waals surface area contributed by atoms with Gasteiger partial charge in [-0.05, 0) is 35.9 Å². The molecule has 0 amide bonds. The van der Waals surface area contributed by atoms with Gasteiger partial charge in [0.2, 0.25) is 11.6 Å². The summed E-state index contributed by atoms with van der Waals surface area (Å²) < 4.78 is 11.2. The Kier molecular flexibility index (Phi) is 4.14. The first-order valence-electron chi connectivity index (χ1n) is 9.18. The molecular formula is C21H19N5O2. The molecule has 1 fully saturated rings. The van der Waals surface area contributed by atoms with Crippen molar-refractivity contribution in [2.24, 2.45) is 0 Å². The summed E-state index contributed by atoms with van der Waals surface area (Å²) >= 11 is 0. The fourth-order valence-electron chi connectivity index (χ4n) is 3.39. The van der Waals surface area contributed by atoms with Crippen LogP contribution in [0.2, 0.25) is 0 Å². The van der Waals surface area contributed by atoms with Crippen LogP contribution in [-0.4, -0.2) is 41.3 Å². The van der Waals surface area contributed by atoms with Gasteiger partial charge in [-0.2, -0.15) is 0 Å². The van der Waals surface area contributed by atoms with E-state index in [1.807, 2.05) is 18.2 Å². The number of nitrogens with two attached hydrogens (primary N) is 1. The molecule has 7 heteroatoms. The Bertz CT molecular complexity index is 1100. The Morgan fingerprint density at radius 1 is 0.964 bits per heavy atom. The maximum absolute atomic E-state index is 6.11. The zero-order valence-electron chi connectivity index (χ0n) is 15.2. The van der Waals surface area contributed by atoms with Crippen LogP contribution in [0.3, 0.4) is 0 Å². The molecule has 0 atom stereocenters. The van der Waals surface area contributed by atoms with Crippen molar-refractivity contribution in [3.8, 4) is 22.6 Å². The van der Waals surface area contributed by atoms with Crippen molar-refractivity contribution in [1.82, 2.24) is 15.0 Å². The van der Waals surface area contributed by atoms with Gasteiger partial charge < -0.3 is 19.8 Å². The number of anilines is 2. The van der Waals surface area contributed by atoms with E-state index < -0.39 is 0 Å². The molecule has 2 N–H and O–H groups in total. The van der Waals surface area contributed by atoms with E-state index in [4.69, 9.17) is 14.9 Å². The maximum atomic E-state index is 6.11. The van der Waals surface area contributed by atoms with E-state index >= 15 is 0 Å². The average molecular weight is 373 g/mol. The molecule has 0 unspecified atom stereocenters. The molecular weight excluding hydrogens is 354 g/mol. The number of hydrogen-bond donors (Lipinski definition) is 1. The lowest BCUT2D eigenvalue weighted by molar-refractivity contribution is 0.122. The van der Waals surface area contributed by atoms with Crippen LogP contribution in [-0.2, 0) is 4.74 Å². The SMILES string of the molecule is Nc1ncc(-c2cccc(N3CCOCC3)c2)cc1-c1nc2cccnc2o1. The predicted molar refractivity (Wildman–Crippen MR) is 108 cm³/mol. The van der Waals surface area contributed by atoms with E-state index in [2.05, 4.69) is 44.1 Å². The van der Waals surface area contributed by atoms with Gasteiger partial charge in [-0.15, -0.1) is 0 Å². The third kappa shape index (κ3) is 3.05. The molecule has 7 nitrogen and oxygen atoms in total. The normalized spacial score (nSPS) is 14.5. The zero-order chi connectivity index (χ0) is 18.9.